The highest BCUT2D eigenvalue weighted by atomic mass is 32.1. The number of thiazole rings is 1. The lowest BCUT2D eigenvalue weighted by Gasteiger charge is -2.05. The molecule has 0 unspecified atom stereocenters. The molecule has 0 bridgehead atoms. The average molecular weight is 310 g/mol. The molecule has 6 heteroatoms. The number of nitrogens with zero attached hydrogens (tertiary/aromatic N) is 3. The highest BCUT2D eigenvalue weighted by Gasteiger charge is 2.11. The quantitative estimate of drug-likeness (QED) is 0.804. The fraction of sp³-hybridized carbons (Fsp3) is 0.125. The summed E-state index contributed by atoms with van der Waals surface area (Å²) in [7, 11) is 0. The first-order valence-electron chi connectivity index (χ1n) is 6.77. The first-order chi connectivity index (χ1) is 10.7. The zero-order chi connectivity index (χ0) is 15.4. The molecule has 110 valence electrons. The van der Waals surface area contributed by atoms with Crippen molar-refractivity contribution in [1.82, 2.24) is 20.3 Å². The van der Waals surface area contributed by atoms with Gasteiger partial charge in [-0.05, 0) is 30.7 Å². The van der Waals surface area contributed by atoms with Gasteiger partial charge >= 0.3 is 0 Å². The number of nitrogens with one attached hydrogen (secondary N) is 1. The van der Waals surface area contributed by atoms with Crippen molar-refractivity contribution in [3.63, 3.8) is 0 Å². The van der Waals surface area contributed by atoms with Crippen LogP contribution >= 0.6 is 11.3 Å². The molecule has 3 aromatic rings. The van der Waals surface area contributed by atoms with Crippen molar-refractivity contribution >= 4 is 17.2 Å². The Morgan fingerprint density at radius 1 is 1.23 bits per heavy atom. The van der Waals surface area contributed by atoms with Crippen LogP contribution < -0.4 is 5.32 Å². The fourth-order valence-corrected chi connectivity index (χ4v) is 2.72. The van der Waals surface area contributed by atoms with Crippen molar-refractivity contribution in [1.29, 1.82) is 0 Å². The lowest BCUT2D eigenvalue weighted by Crippen LogP contribution is -2.22. The number of carbonyl (C=O) groups is 1. The van der Waals surface area contributed by atoms with Crippen LogP contribution in [-0.4, -0.2) is 20.9 Å². The van der Waals surface area contributed by atoms with Crippen LogP contribution in [0.2, 0.25) is 0 Å². The van der Waals surface area contributed by atoms with Gasteiger partial charge in [-0.15, -0.1) is 11.3 Å². The van der Waals surface area contributed by atoms with Crippen molar-refractivity contribution in [2.24, 2.45) is 0 Å². The molecule has 0 atom stereocenters. The highest BCUT2D eigenvalue weighted by molar-refractivity contribution is 7.11. The lowest BCUT2D eigenvalue weighted by molar-refractivity contribution is 0.0954. The van der Waals surface area contributed by atoms with Crippen molar-refractivity contribution in [3.05, 3.63) is 64.5 Å². The van der Waals surface area contributed by atoms with Gasteiger partial charge < -0.3 is 5.32 Å². The Morgan fingerprint density at radius 3 is 2.77 bits per heavy atom. The van der Waals surface area contributed by atoms with Gasteiger partial charge in [0.25, 0.3) is 5.91 Å². The van der Waals surface area contributed by atoms with Crippen LogP contribution in [0.4, 0.5) is 0 Å². The van der Waals surface area contributed by atoms with E-state index in [2.05, 4.69) is 20.3 Å². The molecule has 0 aliphatic heterocycles. The van der Waals surface area contributed by atoms with Crippen LogP contribution in [0, 0.1) is 6.92 Å². The molecule has 3 heterocycles. The molecule has 0 aliphatic carbocycles. The number of carbonyl (C=O) groups excluding carboxylic acids is 1. The lowest BCUT2D eigenvalue weighted by atomic mass is 10.1. The number of pyridine rings is 2. The van der Waals surface area contributed by atoms with E-state index in [0.717, 1.165) is 22.5 Å². The van der Waals surface area contributed by atoms with Gasteiger partial charge in [0, 0.05) is 30.7 Å². The molecule has 1 N–H and O–H groups in total. The molecule has 0 radical (unpaired) electrons. The Bertz CT molecular complexity index is 768. The number of aromatic nitrogens is 3. The summed E-state index contributed by atoms with van der Waals surface area (Å²) >= 11 is 1.35. The predicted molar refractivity (Wildman–Crippen MR) is 85.5 cm³/mol. The van der Waals surface area contributed by atoms with E-state index in [1.807, 2.05) is 31.2 Å². The standard InChI is InChI=1S/C16H14N4OS/c1-11-15(22-10-20-11)16(21)19-8-12-4-5-14(18-7-12)13-3-2-6-17-9-13/h2-7,9-10H,8H2,1H3,(H,19,21). The molecule has 0 aliphatic rings. The van der Waals surface area contributed by atoms with E-state index in [1.165, 1.54) is 11.3 Å². The first-order valence-corrected chi connectivity index (χ1v) is 7.65. The Hall–Kier alpha value is -2.60. The maximum atomic E-state index is 12.0. The largest absolute Gasteiger partial charge is 0.347 e. The number of amides is 1. The van der Waals surface area contributed by atoms with Crippen LogP contribution in [0.1, 0.15) is 20.9 Å². The van der Waals surface area contributed by atoms with E-state index in [9.17, 15) is 4.79 Å². The third-order valence-electron chi connectivity index (χ3n) is 3.19. The number of hydrogen-bond donors (Lipinski definition) is 1. The molecule has 0 aromatic carbocycles. The van der Waals surface area contributed by atoms with Crippen LogP contribution in [-0.2, 0) is 6.54 Å². The summed E-state index contributed by atoms with van der Waals surface area (Å²) in [6.07, 6.45) is 5.27. The number of aryl methyl sites for hydroxylation is 1. The van der Waals surface area contributed by atoms with Gasteiger partial charge in [-0.1, -0.05) is 6.07 Å². The van der Waals surface area contributed by atoms with Crippen LogP contribution in [0.15, 0.2) is 48.4 Å². The molecule has 3 rings (SSSR count). The van der Waals surface area contributed by atoms with Gasteiger partial charge in [0.15, 0.2) is 0 Å². The van der Waals surface area contributed by atoms with Gasteiger partial charge in [0.2, 0.25) is 0 Å². The van der Waals surface area contributed by atoms with Gasteiger partial charge in [0.05, 0.1) is 16.9 Å². The normalized spacial score (nSPS) is 10.4. The zero-order valence-corrected chi connectivity index (χ0v) is 12.8. The molecular formula is C16H14N4OS. The zero-order valence-electron chi connectivity index (χ0n) is 12.0. The average Bonchev–Trinajstić information content (AvgIpc) is 3.00. The summed E-state index contributed by atoms with van der Waals surface area (Å²) in [6.45, 7) is 2.27. The minimum Gasteiger partial charge on any atom is -0.347 e. The molecule has 0 spiro atoms. The molecule has 22 heavy (non-hydrogen) atoms. The summed E-state index contributed by atoms with van der Waals surface area (Å²) in [4.78, 5) is 25.2. The van der Waals surface area contributed by atoms with Crippen molar-refractivity contribution in [2.45, 2.75) is 13.5 Å². The highest BCUT2D eigenvalue weighted by Crippen LogP contribution is 2.15. The third kappa shape index (κ3) is 3.17. The maximum absolute atomic E-state index is 12.0. The molecule has 1 amide bonds. The smallest absolute Gasteiger partial charge is 0.263 e. The SMILES string of the molecule is Cc1ncsc1C(=O)NCc1ccc(-c2cccnc2)nc1. The summed E-state index contributed by atoms with van der Waals surface area (Å²) in [5.74, 6) is -0.101. The second-order valence-electron chi connectivity index (χ2n) is 4.74. The molecular weight excluding hydrogens is 296 g/mol. The molecule has 0 saturated carbocycles. The van der Waals surface area contributed by atoms with Crippen LogP contribution in [0.3, 0.4) is 0 Å². The second-order valence-corrected chi connectivity index (χ2v) is 5.60. The molecule has 0 saturated heterocycles. The minimum atomic E-state index is -0.101. The van der Waals surface area contributed by atoms with Gasteiger partial charge in [-0.25, -0.2) is 4.98 Å². The summed E-state index contributed by atoms with van der Waals surface area (Å²) in [5, 5.41) is 2.88. The van der Waals surface area contributed by atoms with Crippen molar-refractivity contribution < 1.29 is 4.79 Å². The fourth-order valence-electron chi connectivity index (χ4n) is 2.00. The van der Waals surface area contributed by atoms with E-state index >= 15 is 0 Å². The topological polar surface area (TPSA) is 67.8 Å². The Labute approximate surface area is 132 Å². The maximum Gasteiger partial charge on any atom is 0.263 e. The molecule has 3 aromatic heterocycles. The predicted octanol–water partition coefficient (Wildman–Crippen LogP) is 2.84. The Kier molecular flexibility index (Phi) is 4.20. The molecule has 5 nitrogen and oxygen atoms in total. The summed E-state index contributed by atoms with van der Waals surface area (Å²) in [5.41, 5.74) is 5.21. The summed E-state index contributed by atoms with van der Waals surface area (Å²) < 4.78 is 0. The van der Waals surface area contributed by atoms with E-state index in [1.54, 1.807) is 24.1 Å². The van der Waals surface area contributed by atoms with E-state index in [0.29, 0.717) is 11.4 Å². The van der Waals surface area contributed by atoms with Gasteiger partial charge in [-0.2, -0.15) is 0 Å². The second kappa shape index (κ2) is 6.44. The van der Waals surface area contributed by atoms with Crippen molar-refractivity contribution in [3.8, 4) is 11.3 Å². The van der Waals surface area contributed by atoms with Gasteiger partial charge in [-0.3, -0.25) is 14.8 Å². The van der Waals surface area contributed by atoms with E-state index < -0.39 is 0 Å². The number of rotatable bonds is 4. The number of hydrogen-bond acceptors (Lipinski definition) is 5. The minimum absolute atomic E-state index is 0.101. The van der Waals surface area contributed by atoms with E-state index in [4.69, 9.17) is 0 Å². The third-order valence-corrected chi connectivity index (χ3v) is 4.11. The first kappa shape index (κ1) is 14.3. The van der Waals surface area contributed by atoms with Crippen LogP contribution in [0.5, 0.6) is 0 Å². The van der Waals surface area contributed by atoms with E-state index in [-0.39, 0.29) is 5.91 Å². The summed E-state index contributed by atoms with van der Waals surface area (Å²) in [6, 6.07) is 7.72. The Morgan fingerprint density at radius 2 is 2.14 bits per heavy atom. The monoisotopic (exact) mass is 310 g/mol. The molecule has 0 fully saturated rings. The van der Waals surface area contributed by atoms with Crippen LogP contribution in [0.25, 0.3) is 11.3 Å². The van der Waals surface area contributed by atoms with Gasteiger partial charge in [0.1, 0.15) is 4.88 Å². The van der Waals surface area contributed by atoms with Crippen molar-refractivity contribution in [2.75, 3.05) is 0 Å². The Balaban J connectivity index is 1.65.